The number of nitrogens with zero attached hydrogens (tertiary/aromatic N) is 1. The Kier molecular flexibility index (Phi) is 4.59. The van der Waals surface area contributed by atoms with Gasteiger partial charge >= 0.3 is 0 Å². The summed E-state index contributed by atoms with van der Waals surface area (Å²) in [6.45, 7) is 1.39. The number of carbonyl (C=O) groups excluding carboxylic acids is 1. The van der Waals surface area contributed by atoms with Crippen molar-refractivity contribution in [1.82, 2.24) is 4.90 Å². The lowest BCUT2D eigenvalue weighted by atomic mass is 10.1. The minimum absolute atomic E-state index is 0.00958. The van der Waals surface area contributed by atoms with Crippen LogP contribution in [0.3, 0.4) is 0 Å². The van der Waals surface area contributed by atoms with E-state index in [4.69, 9.17) is 16.3 Å². The molecule has 0 saturated carbocycles. The van der Waals surface area contributed by atoms with E-state index >= 15 is 0 Å². The Labute approximate surface area is 118 Å². The normalized spacial score (nSPS) is 19.9. The third-order valence-electron chi connectivity index (χ3n) is 2.85. The number of ether oxygens (including phenoxy) is 1. The van der Waals surface area contributed by atoms with Crippen LogP contribution >= 0.6 is 27.5 Å². The van der Waals surface area contributed by atoms with E-state index in [0.717, 1.165) is 0 Å². The smallest absolute Gasteiger partial charge is 0.257 e. The summed E-state index contributed by atoms with van der Waals surface area (Å²) in [4.78, 5) is 13.9. The molecule has 1 fully saturated rings. The molecule has 1 atom stereocenters. The van der Waals surface area contributed by atoms with Crippen molar-refractivity contribution < 1.29 is 13.9 Å². The van der Waals surface area contributed by atoms with E-state index in [0.29, 0.717) is 25.1 Å². The molecule has 2 rings (SSSR count). The molecule has 1 aliphatic heterocycles. The molecule has 1 aromatic rings. The molecule has 6 heteroatoms. The van der Waals surface area contributed by atoms with E-state index in [9.17, 15) is 9.18 Å². The van der Waals surface area contributed by atoms with Gasteiger partial charge in [-0.25, -0.2) is 4.39 Å². The minimum atomic E-state index is -0.663. The first-order chi connectivity index (χ1) is 8.65. The summed E-state index contributed by atoms with van der Waals surface area (Å²) < 4.78 is 19.1. The maximum Gasteiger partial charge on any atom is 0.257 e. The second kappa shape index (κ2) is 5.99. The van der Waals surface area contributed by atoms with E-state index in [1.54, 1.807) is 11.0 Å². The number of halogens is 3. The van der Waals surface area contributed by atoms with Crippen molar-refractivity contribution in [2.45, 2.75) is 6.04 Å². The fourth-order valence-electron chi connectivity index (χ4n) is 1.87. The van der Waals surface area contributed by atoms with Crippen molar-refractivity contribution in [2.75, 3.05) is 25.1 Å². The lowest BCUT2D eigenvalue weighted by Gasteiger charge is -2.34. The Morgan fingerprint density at radius 1 is 1.61 bits per heavy atom. The standard InChI is InChI=1S/C12H12BrClFNO2/c13-6-8-7-18-5-4-16(8)12(17)9-2-1-3-10(14)11(9)15/h1-3,8H,4-7H2. The molecule has 1 aromatic carbocycles. The summed E-state index contributed by atoms with van der Waals surface area (Å²) in [5, 5.41) is 0.561. The molecule has 1 amide bonds. The number of carbonyl (C=O) groups is 1. The highest BCUT2D eigenvalue weighted by molar-refractivity contribution is 9.09. The van der Waals surface area contributed by atoms with Gasteiger partial charge in [-0.05, 0) is 12.1 Å². The SMILES string of the molecule is O=C(c1cccc(Cl)c1F)N1CCOCC1CBr. The number of hydrogen-bond acceptors (Lipinski definition) is 2. The quantitative estimate of drug-likeness (QED) is 0.777. The highest BCUT2D eigenvalue weighted by Crippen LogP contribution is 2.21. The van der Waals surface area contributed by atoms with Gasteiger partial charge in [-0.1, -0.05) is 33.6 Å². The third-order valence-corrected chi connectivity index (χ3v) is 3.89. The van der Waals surface area contributed by atoms with Crippen LogP contribution in [0.1, 0.15) is 10.4 Å². The van der Waals surface area contributed by atoms with Gasteiger partial charge in [0.1, 0.15) is 0 Å². The lowest BCUT2D eigenvalue weighted by molar-refractivity contribution is 0.00500. The van der Waals surface area contributed by atoms with Gasteiger partial charge in [0, 0.05) is 11.9 Å². The van der Waals surface area contributed by atoms with Crippen LogP contribution in [0.15, 0.2) is 18.2 Å². The zero-order valence-corrected chi connectivity index (χ0v) is 11.9. The maximum atomic E-state index is 13.8. The Morgan fingerprint density at radius 3 is 3.11 bits per heavy atom. The van der Waals surface area contributed by atoms with Gasteiger partial charge in [0.05, 0.1) is 29.8 Å². The zero-order valence-electron chi connectivity index (χ0n) is 9.54. The van der Waals surface area contributed by atoms with Crippen LogP contribution in [0.2, 0.25) is 5.02 Å². The number of benzene rings is 1. The van der Waals surface area contributed by atoms with Gasteiger partial charge in [0.25, 0.3) is 5.91 Å². The Balaban J connectivity index is 2.27. The predicted molar refractivity (Wildman–Crippen MR) is 70.8 cm³/mol. The fourth-order valence-corrected chi connectivity index (χ4v) is 2.58. The molecule has 0 aromatic heterocycles. The van der Waals surface area contributed by atoms with Gasteiger partial charge in [-0.15, -0.1) is 0 Å². The number of hydrogen-bond donors (Lipinski definition) is 0. The number of amides is 1. The summed E-state index contributed by atoms with van der Waals surface area (Å²) in [6, 6.07) is 4.37. The van der Waals surface area contributed by atoms with Gasteiger partial charge in [0.15, 0.2) is 5.82 Å². The molecule has 1 saturated heterocycles. The third kappa shape index (κ3) is 2.68. The van der Waals surface area contributed by atoms with Crippen molar-refractivity contribution in [3.63, 3.8) is 0 Å². The monoisotopic (exact) mass is 335 g/mol. The minimum Gasteiger partial charge on any atom is -0.377 e. The van der Waals surface area contributed by atoms with E-state index in [2.05, 4.69) is 15.9 Å². The van der Waals surface area contributed by atoms with Crippen molar-refractivity contribution in [3.8, 4) is 0 Å². The van der Waals surface area contributed by atoms with Crippen LogP contribution in [0.25, 0.3) is 0 Å². The summed E-state index contributed by atoms with van der Waals surface area (Å²) in [5.74, 6) is -1.01. The van der Waals surface area contributed by atoms with Crippen molar-refractivity contribution in [3.05, 3.63) is 34.6 Å². The van der Waals surface area contributed by atoms with Crippen LogP contribution in [-0.2, 0) is 4.74 Å². The average molecular weight is 337 g/mol. The van der Waals surface area contributed by atoms with Gasteiger partial charge in [-0.2, -0.15) is 0 Å². The molecule has 0 spiro atoms. The van der Waals surface area contributed by atoms with E-state index in [-0.39, 0.29) is 22.5 Å². The van der Waals surface area contributed by atoms with Crippen molar-refractivity contribution in [2.24, 2.45) is 0 Å². The lowest BCUT2D eigenvalue weighted by Crippen LogP contribution is -2.49. The van der Waals surface area contributed by atoms with Crippen LogP contribution in [-0.4, -0.2) is 41.9 Å². The van der Waals surface area contributed by atoms with Crippen LogP contribution in [0.5, 0.6) is 0 Å². The molecule has 98 valence electrons. The molecule has 0 aliphatic carbocycles. The molecular formula is C12H12BrClFNO2. The molecule has 1 aliphatic rings. The second-order valence-electron chi connectivity index (χ2n) is 3.98. The Hall–Kier alpha value is -0.650. The van der Waals surface area contributed by atoms with Gasteiger partial charge < -0.3 is 9.64 Å². The summed E-state index contributed by atoms with van der Waals surface area (Å²) in [6.07, 6.45) is 0. The van der Waals surface area contributed by atoms with E-state index in [1.165, 1.54) is 12.1 Å². The Bertz CT molecular complexity index is 458. The highest BCUT2D eigenvalue weighted by Gasteiger charge is 2.29. The molecule has 0 N–H and O–H groups in total. The molecule has 1 unspecified atom stereocenters. The predicted octanol–water partition coefficient (Wildman–Crippen LogP) is 2.72. The number of alkyl halides is 1. The van der Waals surface area contributed by atoms with E-state index < -0.39 is 5.82 Å². The first-order valence-electron chi connectivity index (χ1n) is 5.54. The first kappa shape index (κ1) is 13.8. The Morgan fingerprint density at radius 2 is 2.39 bits per heavy atom. The van der Waals surface area contributed by atoms with Crippen molar-refractivity contribution >= 4 is 33.4 Å². The summed E-state index contributed by atoms with van der Waals surface area (Å²) in [5.41, 5.74) is 0.00958. The van der Waals surface area contributed by atoms with Crippen molar-refractivity contribution in [1.29, 1.82) is 0 Å². The van der Waals surface area contributed by atoms with E-state index in [1.807, 2.05) is 0 Å². The number of morpholine rings is 1. The molecule has 3 nitrogen and oxygen atoms in total. The molecule has 1 heterocycles. The van der Waals surface area contributed by atoms with Gasteiger partial charge in [0.2, 0.25) is 0 Å². The highest BCUT2D eigenvalue weighted by atomic mass is 79.9. The van der Waals surface area contributed by atoms with Crippen LogP contribution < -0.4 is 0 Å². The molecule has 0 radical (unpaired) electrons. The maximum absolute atomic E-state index is 13.8. The second-order valence-corrected chi connectivity index (χ2v) is 5.04. The van der Waals surface area contributed by atoms with Crippen LogP contribution in [0.4, 0.5) is 4.39 Å². The average Bonchev–Trinajstić information content (AvgIpc) is 2.41. The largest absolute Gasteiger partial charge is 0.377 e. The first-order valence-corrected chi connectivity index (χ1v) is 7.03. The van der Waals surface area contributed by atoms with Gasteiger partial charge in [-0.3, -0.25) is 4.79 Å². The summed E-state index contributed by atoms with van der Waals surface area (Å²) in [7, 11) is 0. The topological polar surface area (TPSA) is 29.5 Å². The molecule has 18 heavy (non-hydrogen) atoms. The molecular weight excluding hydrogens is 324 g/mol. The fraction of sp³-hybridized carbons (Fsp3) is 0.417. The number of rotatable bonds is 2. The molecule has 0 bridgehead atoms. The van der Waals surface area contributed by atoms with Crippen LogP contribution in [0, 0.1) is 5.82 Å². The zero-order chi connectivity index (χ0) is 13.1. The summed E-state index contributed by atoms with van der Waals surface area (Å²) >= 11 is 9.02.